The van der Waals surface area contributed by atoms with E-state index in [4.69, 9.17) is 0 Å². The second-order valence-electron chi connectivity index (χ2n) is 6.79. The van der Waals surface area contributed by atoms with Crippen LogP contribution in [0.15, 0.2) is 23.6 Å². The average Bonchev–Trinajstić information content (AvgIpc) is 3.12. The molecule has 1 amide bonds. The molecule has 1 aromatic carbocycles. The van der Waals surface area contributed by atoms with Gasteiger partial charge >= 0.3 is 5.97 Å². The monoisotopic (exact) mass is 405 g/mol. The summed E-state index contributed by atoms with van der Waals surface area (Å²) >= 11 is 1.26. The third-order valence-electron chi connectivity index (χ3n) is 4.19. The summed E-state index contributed by atoms with van der Waals surface area (Å²) in [5.41, 5.74) is 0.866. The molecule has 0 aliphatic rings. The van der Waals surface area contributed by atoms with Crippen LogP contribution in [0, 0.1) is 23.0 Å². The summed E-state index contributed by atoms with van der Waals surface area (Å²) in [4.78, 5) is 41.2. The van der Waals surface area contributed by atoms with Crippen LogP contribution in [-0.2, 0) is 11.3 Å². The molecule has 9 heteroatoms. The average molecular weight is 405 g/mol. The number of aryl methyl sites for hydroxylation is 1. The van der Waals surface area contributed by atoms with Crippen molar-refractivity contribution in [3.63, 3.8) is 0 Å². The Hall–Kier alpha value is -2.81. The van der Waals surface area contributed by atoms with Gasteiger partial charge in [0, 0.05) is 29.1 Å². The number of nitro benzene ring substituents is 1. The van der Waals surface area contributed by atoms with Gasteiger partial charge in [0.15, 0.2) is 5.69 Å². The van der Waals surface area contributed by atoms with Crippen molar-refractivity contribution in [3.05, 3.63) is 55.5 Å². The van der Waals surface area contributed by atoms with Crippen molar-refractivity contribution in [1.29, 1.82) is 0 Å². The number of carbonyl (C=O) groups excluding carboxylic acids is 2. The van der Waals surface area contributed by atoms with Gasteiger partial charge in [-0.2, -0.15) is 0 Å². The van der Waals surface area contributed by atoms with Gasteiger partial charge in [0.1, 0.15) is 5.01 Å². The van der Waals surface area contributed by atoms with E-state index >= 15 is 0 Å². The molecular formula is C19H23N3O5S. The molecule has 0 saturated heterocycles. The standard InChI is InChI=1S/C19H23N3O5S/c1-12(2)7-8-21(10-17-20-15(11-28-17)19(24)27-4)18(23)14-6-5-13(3)16(9-14)22(25)26/h5-6,9,11-12H,7-8,10H2,1-4H3. The Labute approximate surface area is 167 Å². The Balaban J connectivity index is 2.28. The zero-order chi connectivity index (χ0) is 20.8. The predicted octanol–water partition coefficient (Wildman–Crippen LogP) is 3.83. The third-order valence-corrected chi connectivity index (χ3v) is 5.02. The first-order valence-electron chi connectivity index (χ1n) is 8.80. The van der Waals surface area contributed by atoms with Gasteiger partial charge in [-0.3, -0.25) is 14.9 Å². The number of thiazole rings is 1. The second-order valence-corrected chi connectivity index (χ2v) is 7.73. The first-order valence-corrected chi connectivity index (χ1v) is 9.68. The van der Waals surface area contributed by atoms with Crippen molar-refractivity contribution >= 4 is 28.9 Å². The molecule has 1 heterocycles. The van der Waals surface area contributed by atoms with Gasteiger partial charge in [-0.1, -0.05) is 19.9 Å². The van der Waals surface area contributed by atoms with E-state index in [2.05, 4.69) is 23.6 Å². The van der Waals surface area contributed by atoms with Gasteiger partial charge in [-0.25, -0.2) is 9.78 Å². The molecule has 0 fully saturated rings. The number of ether oxygens (including phenoxy) is 1. The van der Waals surface area contributed by atoms with Crippen molar-refractivity contribution in [2.24, 2.45) is 5.92 Å². The normalized spacial score (nSPS) is 10.8. The molecule has 8 nitrogen and oxygen atoms in total. The van der Waals surface area contributed by atoms with Crippen LogP contribution in [0.25, 0.3) is 0 Å². The van der Waals surface area contributed by atoms with Crippen LogP contribution < -0.4 is 0 Å². The van der Waals surface area contributed by atoms with Crippen molar-refractivity contribution in [2.45, 2.75) is 33.7 Å². The number of hydrogen-bond donors (Lipinski definition) is 0. The van der Waals surface area contributed by atoms with E-state index in [0.717, 1.165) is 6.42 Å². The van der Waals surface area contributed by atoms with Crippen molar-refractivity contribution < 1.29 is 19.2 Å². The van der Waals surface area contributed by atoms with Crippen LogP contribution in [0.3, 0.4) is 0 Å². The Morgan fingerprint density at radius 2 is 2.07 bits per heavy atom. The van der Waals surface area contributed by atoms with E-state index in [1.165, 1.54) is 24.5 Å². The summed E-state index contributed by atoms with van der Waals surface area (Å²) < 4.78 is 4.66. The highest BCUT2D eigenvalue weighted by Gasteiger charge is 2.22. The molecule has 28 heavy (non-hydrogen) atoms. The van der Waals surface area contributed by atoms with Crippen LogP contribution in [0.5, 0.6) is 0 Å². The fraction of sp³-hybridized carbons (Fsp3) is 0.421. The molecule has 2 rings (SSSR count). The molecule has 0 saturated carbocycles. The van der Waals surface area contributed by atoms with Gasteiger partial charge in [-0.05, 0) is 25.3 Å². The fourth-order valence-corrected chi connectivity index (χ4v) is 3.31. The Kier molecular flexibility index (Phi) is 7.22. The Morgan fingerprint density at radius 1 is 1.36 bits per heavy atom. The van der Waals surface area contributed by atoms with E-state index in [0.29, 0.717) is 23.0 Å². The smallest absolute Gasteiger partial charge is 0.357 e. The summed E-state index contributed by atoms with van der Waals surface area (Å²) in [6.07, 6.45) is 0.773. The molecule has 1 aromatic heterocycles. The molecule has 0 unspecified atom stereocenters. The van der Waals surface area contributed by atoms with Crippen LogP contribution in [0.1, 0.15) is 51.7 Å². The number of nitrogens with zero attached hydrogens (tertiary/aromatic N) is 3. The molecule has 0 radical (unpaired) electrons. The van der Waals surface area contributed by atoms with E-state index in [1.54, 1.807) is 29.3 Å². The minimum atomic E-state index is -0.531. The molecule has 0 bridgehead atoms. The number of esters is 1. The van der Waals surface area contributed by atoms with Crippen molar-refractivity contribution in [1.82, 2.24) is 9.88 Å². The van der Waals surface area contributed by atoms with E-state index in [1.807, 2.05) is 0 Å². The molecular weight excluding hydrogens is 382 g/mol. The van der Waals surface area contributed by atoms with E-state index < -0.39 is 10.9 Å². The van der Waals surface area contributed by atoms with Gasteiger partial charge in [0.25, 0.3) is 11.6 Å². The number of aromatic nitrogens is 1. The maximum atomic E-state index is 13.0. The van der Waals surface area contributed by atoms with E-state index in [-0.39, 0.29) is 29.4 Å². The largest absolute Gasteiger partial charge is 0.464 e. The Bertz CT molecular complexity index is 878. The highest BCUT2D eigenvalue weighted by molar-refractivity contribution is 7.09. The first kappa shape index (κ1) is 21.5. The number of methoxy groups -OCH3 is 1. The summed E-state index contributed by atoms with van der Waals surface area (Å²) in [5.74, 6) is -0.458. The summed E-state index contributed by atoms with van der Waals surface area (Å²) in [5, 5.41) is 13.4. The van der Waals surface area contributed by atoms with Gasteiger partial charge in [-0.15, -0.1) is 11.3 Å². The third kappa shape index (κ3) is 5.35. The zero-order valence-corrected chi connectivity index (χ0v) is 17.1. The molecule has 0 aliphatic carbocycles. The highest BCUT2D eigenvalue weighted by Crippen LogP contribution is 2.22. The topological polar surface area (TPSA) is 103 Å². The minimum Gasteiger partial charge on any atom is -0.464 e. The van der Waals surface area contributed by atoms with Crippen LogP contribution in [-0.4, -0.2) is 40.3 Å². The van der Waals surface area contributed by atoms with Gasteiger partial charge in [0.2, 0.25) is 0 Å². The van der Waals surface area contributed by atoms with Crippen molar-refractivity contribution in [3.8, 4) is 0 Å². The molecule has 2 aromatic rings. The number of rotatable bonds is 8. The molecule has 0 aliphatic heterocycles. The minimum absolute atomic E-state index is 0.0862. The molecule has 150 valence electrons. The quantitative estimate of drug-likeness (QED) is 0.376. The number of carbonyl (C=O) groups is 2. The molecule has 0 N–H and O–H groups in total. The number of nitro groups is 1. The van der Waals surface area contributed by atoms with Crippen LogP contribution >= 0.6 is 11.3 Å². The number of benzene rings is 1. The summed E-state index contributed by atoms with van der Waals surface area (Å²) in [7, 11) is 1.28. The maximum Gasteiger partial charge on any atom is 0.357 e. The zero-order valence-electron chi connectivity index (χ0n) is 16.3. The van der Waals surface area contributed by atoms with Crippen LogP contribution in [0.4, 0.5) is 5.69 Å². The lowest BCUT2D eigenvalue weighted by Crippen LogP contribution is -2.32. The highest BCUT2D eigenvalue weighted by atomic mass is 32.1. The SMILES string of the molecule is COC(=O)c1csc(CN(CCC(C)C)C(=O)c2ccc(C)c([N+](=O)[O-])c2)n1. The second kappa shape index (κ2) is 9.41. The molecule has 0 spiro atoms. The first-order chi connectivity index (χ1) is 13.2. The Morgan fingerprint density at radius 3 is 2.68 bits per heavy atom. The van der Waals surface area contributed by atoms with Gasteiger partial charge in [0.05, 0.1) is 18.6 Å². The number of amides is 1. The molecule has 0 atom stereocenters. The lowest BCUT2D eigenvalue weighted by atomic mass is 10.1. The summed E-state index contributed by atoms with van der Waals surface area (Å²) in [6.45, 7) is 6.43. The lowest BCUT2D eigenvalue weighted by molar-refractivity contribution is -0.385. The summed E-state index contributed by atoms with van der Waals surface area (Å²) in [6, 6.07) is 4.47. The maximum absolute atomic E-state index is 13.0. The van der Waals surface area contributed by atoms with E-state index in [9.17, 15) is 19.7 Å². The van der Waals surface area contributed by atoms with Gasteiger partial charge < -0.3 is 9.64 Å². The van der Waals surface area contributed by atoms with Crippen molar-refractivity contribution in [2.75, 3.05) is 13.7 Å². The fourth-order valence-electron chi connectivity index (χ4n) is 2.53. The predicted molar refractivity (Wildman–Crippen MR) is 105 cm³/mol. The lowest BCUT2D eigenvalue weighted by Gasteiger charge is -2.23. The van der Waals surface area contributed by atoms with Crippen LogP contribution in [0.2, 0.25) is 0 Å². The number of hydrogen-bond acceptors (Lipinski definition) is 7.